The summed E-state index contributed by atoms with van der Waals surface area (Å²) in [6.07, 6.45) is 5.52. The van der Waals surface area contributed by atoms with Gasteiger partial charge in [-0.05, 0) is 60.7 Å². The van der Waals surface area contributed by atoms with E-state index in [0.29, 0.717) is 30.3 Å². The molecule has 2 unspecified atom stereocenters. The maximum Gasteiger partial charge on any atom is 0.247 e. The number of nitrogens with one attached hydrogen (secondary N) is 1. The molecule has 2 fully saturated rings. The van der Waals surface area contributed by atoms with E-state index in [9.17, 15) is 14.7 Å². The lowest BCUT2D eigenvalue weighted by atomic mass is 10.1. The fourth-order valence-corrected chi connectivity index (χ4v) is 4.00. The lowest BCUT2D eigenvalue weighted by Crippen LogP contribution is -2.42. The summed E-state index contributed by atoms with van der Waals surface area (Å²) in [6, 6.07) is 12.4. The Balaban J connectivity index is 1.38. The number of methoxy groups -OCH3 is 1. The second kappa shape index (κ2) is 8.81. The smallest absolute Gasteiger partial charge is 0.247 e. The highest BCUT2D eigenvalue weighted by Gasteiger charge is 2.35. The van der Waals surface area contributed by atoms with Gasteiger partial charge in [0.15, 0.2) is 11.5 Å². The number of rotatable bonds is 6. The third-order valence-corrected chi connectivity index (χ3v) is 5.91. The van der Waals surface area contributed by atoms with Crippen LogP contribution in [0.4, 0.5) is 5.69 Å². The zero-order valence-corrected chi connectivity index (χ0v) is 17.5. The molecule has 1 saturated carbocycles. The molecule has 0 spiro atoms. The molecule has 2 aromatic rings. The molecule has 2 amide bonds. The Labute approximate surface area is 181 Å². The molecule has 2 aliphatic rings. The number of ether oxygens (including phenoxy) is 1. The van der Waals surface area contributed by atoms with Gasteiger partial charge < -0.3 is 25.8 Å². The van der Waals surface area contributed by atoms with E-state index in [1.54, 1.807) is 23.1 Å². The van der Waals surface area contributed by atoms with Gasteiger partial charge in [0.2, 0.25) is 11.8 Å². The summed E-state index contributed by atoms with van der Waals surface area (Å²) in [4.78, 5) is 27.1. The predicted octanol–water partition coefficient (Wildman–Crippen LogP) is 2.86. The van der Waals surface area contributed by atoms with Crippen LogP contribution in [0.25, 0.3) is 6.08 Å². The van der Waals surface area contributed by atoms with Crippen LogP contribution >= 0.6 is 0 Å². The normalized spacial score (nSPS) is 22.5. The predicted molar refractivity (Wildman–Crippen MR) is 119 cm³/mol. The summed E-state index contributed by atoms with van der Waals surface area (Å²) in [6.45, 7) is 0.540. The van der Waals surface area contributed by atoms with Gasteiger partial charge in [0.25, 0.3) is 0 Å². The quantitative estimate of drug-likeness (QED) is 0.622. The highest BCUT2D eigenvalue weighted by Crippen LogP contribution is 2.39. The van der Waals surface area contributed by atoms with E-state index in [0.717, 1.165) is 18.4 Å². The van der Waals surface area contributed by atoms with E-state index in [1.165, 1.54) is 24.8 Å². The monoisotopic (exact) mass is 421 g/mol. The van der Waals surface area contributed by atoms with Crippen molar-refractivity contribution >= 4 is 23.6 Å². The van der Waals surface area contributed by atoms with Crippen LogP contribution < -0.4 is 15.8 Å². The molecule has 0 aromatic heterocycles. The number of anilines is 1. The van der Waals surface area contributed by atoms with E-state index < -0.39 is 6.04 Å². The summed E-state index contributed by atoms with van der Waals surface area (Å²) in [5.74, 6) is 0.398. The van der Waals surface area contributed by atoms with Crippen molar-refractivity contribution in [3.63, 3.8) is 0 Å². The number of nitrogens with zero attached hydrogens (tertiary/aromatic N) is 1. The Bertz CT molecular complexity index is 1000. The van der Waals surface area contributed by atoms with Gasteiger partial charge in [-0.25, -0.2) is 0 Å². The number of phenolic OH excluding ortho intramolecular Hbond substituents is 1. The Morgan fingerprint density at radius 1 is 1.23 bits per heavy atom. The number of hydrogen-bond acceptors (Lipinski definition) is 5. The van der Waals surface area contributed by atoms with Gasteiger partial charge in [0.05, 0.1) is 7.11 Å². The van der Waals surface area contributed by atoms with Gasteiger partial charge in [-0.2, -0.15) is 0 Å². The zero-order chi connectivity index (χ0) is 22.0. The molecule has 7 heteroatoms. The fourth-order valence-electron chi connectivity index (χ4n) is 4.00. The maximum absolute atomic E-state index is 12.8. The molecule has 162 valence electrons. The molecule has 1 aliphatic carbocycles. The third-order valence-electron chi connectivity index (χ3n) is 5.91. The minimum atomic E-state index is -0.497. The first-order valence-electron chi connectivity index (χ1n) is 10.5. The van der Waals surface area contributed by atoms with Crippen LogP contribution in [0, 0.1) is 0 Å². The number of likely N-dealkylation sites (tertiary alicyclic amines) is 1. The number of carbonyl (C=O) groups is 2. The molecular formula is C24H27N3O4. The molecule has 7 nitrogen and oxygen atoms in total. The average Bonchev–Trinajstić information content (AvgIpc) is 3.30. The Morgan fingerprint density at radius 3 is 2.65 bits per heavy atom. The van der Waals surface area contributed by atoms with E-state index >= 15 is 0 Å². The van der Waals surface area contributed by atoms with Crippen molar-refractivity contribution in [1.29, 1.82) is 0 Å². The minimum absolute atomic E-state index is 0.0373. The van der Waals surface area contributed by atoms with Crippen molar-refractivity contribution in [2.75, 3.05) is 19.0 Å². The molecule has 1 saturated heterocycles. The van der Waals surface area contributed by atoms with Gasteiger partial charge in [-0.3, -0.25) is 9.59 Å². The molecule has 31 heavy (non-hydrogen) atoms. The van der Waals surface area contributed by atoms with Gasteiger partial charge in [-0.1, -0.05) is 18.2 Å². The zero-order valence-electron chi connectivity index (χ0n) is 17.5. The van der Waals surface area contributed by atoms with Crippen LogP contribution in [0.1, 0.15) is 36.3 Å². The van der Waals surface area contributed by atoms with Crippen LogP contribution in [0.15, 0.2) is 48.5 Å². The second-order valence-corrected chi connectivity index (χ2v) is 8.07. The molecule has 2 aromatic carbocycles. The first kappa shape index (κ1) is 20.9. The number of hydrogen-bond donors (Lipinski definition) is 3. The molecular weight excluding hydrogens is 394 g/mol. The summed E-state index contributed by atoms with van der Waals surface area (Å²) < 4.78 is 5.09. The van der Waals surface area contributed by atoms with Crippen LogP contribution in [0.3, 0.4) is 0 Å². The van der Waals surface area contributed by atoms with E-state index in [-0.39, 0.29) is 23.6 Å². The third kappa shape index (κ3) is 4.72. The van der Waals surface area contributed by atoms with Gasteiger partial charge in [0.1, 0.15) is 6.04 Å². The van der Waals surface area contributed by atoms with Crippen molar-refractivity contribution < 1.29 is 19.4 Å². The lowest BCUT2D eigenvalue weighted by Gasteiger charge is -2.22. The van der Waals surface area contributed by atoms with Crippen LogP contribution in [0.2, 0.25) is 0 Å². The minimum Gasteiger partial charge on any atom is -0.504 e. The number of benzene rings is 2. The highest BCUT2D eigenvalue weighted by atomic mass is 16.5. The van der Waals surface area contributed by atoms with Crippen molar-refractivity contribution in [1.82, 2.24) is 4.90 Å². The maximum atomic E-state index is 12.8. The molecule has 0 bridgehead atoms. The molecule has 1 aliphatic heterocycles. The van der Waals surface area contributed by atoms with Crippen molar-refractivity contribution in [2.24, 2.45) is 5.73 Å². The molecule has 1 heterocycles. The van der Waals surface area contributed by atoms with Crippen molar-refractivity contribution in [3.05, 3.63) is 59.7 Å². The van der Waals surface area contributed by atoms with Gasteiger partial charge >= 0.3 is 0 Å². The average molecular weight is 421 g/mol. The first-order valence-corrected chi connectivity index (χ1v) is 10.5. The first-order chi connectivity index (χ1) is 15.0. The summed E-state index contributed by atoms with van der Waals surface area (Å²) in [5.41, 5.74) is 8.53. The van der Waals surface area contributed by atoms with Crippen molar-refractivity contribution in [2.45, 2.75) is 37.3 Å². The molecule has 4 N–H and O–H groups in total. The number of phenols is 1. The van der Waals surface area contributed by atoms with Crippen molar-refractivity contribution in [3.8, 4) is 11.5 Å². The highest BCUT2D eigenvalue weighted by molar-refractivity contribution is 6.00. The number of amides is 2. The topological polar surface area (TPSA) is 105 Å². The SMILES string of the molecule is COc1cc(/C=C/C(=O)N2CCC[C@H]2C(=O)Nc2ccc(C3CC3N)cc2)ccc1O. The molecule has 3 atom stereocenters. The van der Waals surface area contributed by atoms with Crippen LogP contribution in [-0.2, 0) is 9.59 Å². The second-order valence-electron chi connectivity index (χ2n) is 8.07. The van der Waals surface area contributed by atoms with E-state index in [2.05, 4.69) is 5.32 Å². The molecule has 4 rings (SSSR count). The van der Waals surface area contributed by atoms with Crippen LogP contribution in [0.5, 0.6) is 11.5 Å². The van der Waals surface area contributed by atoms with Crippen LogP contribution in [-0.4, -0.2) is 47.6 Å². The van der Waals surface area contributed by atoms with E-state index in [1.807, 2.05) is 24.3 Å². The molecule has 0 radical (unpaired) electrons. The summed E-state index contributed by atoms with van der Waals surface area (Å²) in [5, 5.41) is 12.6. The summed E-state index contributed by atoms with van der Waals surface area (Å²) >= 11 is 0. The Morgan fingerprint density at radius 2 is 1.97 bits per heavy atom. The Kier molecular flexibility index (Phi) is 5.95. The number of aromatic hydroxyl groups is 1. The standard InChI is InChI=1S/C24H27N3O4/c1-31-22-13-15(4-10-21(22)28)5-11-23(29)27-12-2-3-20(27)24(30)26-17-8-6-16(7-9-17)18-14-19(18)25/h4-11,13,18-20,28H,2-3,12,14,25H2,1H3,(H,26,30)/b11-5+/t18?,19?,20-/m0/s1. The van der Waals surface area contributed by atoms with Gasteiger partial charge in [-0.15, -0.1) is 0 Å². The fraction of sp³-hybridized carbons (Fsp3) is 0.333. The number of carbonyl (C=O) groups excluding carboxylic acids is 2. The largest absolute Gasteiger partial charge is 0.504 e. The summed E-state index contributed by atoms with van der Waals surface area (Å²) in [7, 11) is 1.47. The number of nitrogens with two attached hydrogens (primary N) is 1. The van der Waals surface area contributed by atoms with E-state index in [4.69, 9.17) is 10.5 Å². The van der Waals surface area contributed by atoms with Gasteiger partial charge in [0, 0.05) is 30.3 Å². The lowest BCUT2D eigenvalue weighted by molar-refractivity contribution is -0.132. The Hall–Kier alpha value is -3.32.